The fourth-order valence-corrected chi connectivity index (χ4v) is 2.39. The van der Waals surface area contributed by atoms with E-state index in [1.807, 2.05) is 29.8 Å². The van der Waals surface area contributed by atoms with Gasteiger partial charge in [-0.2, -0.15) is 0 Å². The van der Waals surface area contributed by atoms with Crippen LogP contribution in [-0.2, 0) is 24.8 Å². The standard InChI is InChI=1S/C17H23N3O2/c1-19-14-18-12-16(19)13-20(10-11-21)17(22)9-5-8-15-6-3-2-4-7-15/h2-4,6-7,12,14,21H,5,8-11,13H2,1H3. The predicted molar refractivity (Wildman–Crippen MR) is 85.1 cm³/mol. The van der Waals surface area contributed by atoms with E-state index in [9.17, 15) is 9.90 Å². The molecule has 2 aromatic rings. The van der Waals surface area contributed by atoms with Gasteiger partial charge in [0, 0.05) is 26.2 Å². The fourth-order valence-electron chi connectivity index (χ4n) is 2.39. The zero-order chi connectivity index (χ0) is 15.8. The van der Waals surface area contributed by atoms with E-state index >= 15 is 0 Å². The first-order valence-corrected chi connectivity index (χ1v) is 7.58. The van der Waals surface area contributed by atoms with E-state index in [1.54, 1.807) is 17.4 Å². The number of hydrogen-bond acceptors (Lipinski definition) is 3. The van der Waals surface area contributed by atoms with Crippen molar-refractivity contribution in [1.29, 1.82) is 0 Å². The Bertz CT molecular complexity index is 581. The van der Waals surface area contributed by atoms with E-state index in [4.69, 9.17) is 0 Å². The molecule has 0 aliphatic carbocycles. The van der Waals surface area contributed by atoms with Crippen molar-refractivity contribution < 1.29 is 9.90 Å². The van der Waals surface area contributed by atoms with Gasteiger partial charge in [-0.3, -0.25) is 4.79 Å². The largest absolute Gasteiger partial charge is 0.395 e. The lowest BCUT2D eigenvalue weighted by atomic mass is 10.1. The van der Waals surface area contributed by atoms with Crippen molar-refractivity contribution in [2.75, 3.05) is 13.2 Å². The summed E-state index contributed by atoms with van der Waals surface area (Å²) in [5.41, 5.74) is 2.21. The summed E-state index contributed by atoms with van der Waals surface area (Å²) < 4.78 is 1.89. The van der Waals surface area contributed by atoms with E-state index in [0.29, 0.717) is 19.5 Å². The highest BCUT2D eigenvalue weighted by molar-refractivity contribution is 5.76. The minimum absolute atomic E-state index is 0.0255. The molecule has 5 nitrogen and oxygen atoms in total. The molecule has 0 atom stereocenters. The van der Waals surface area contributed by atoms with Gasteiger partial charge in [0.2, 0.25) is 5.91 Å². The molecular formula is C17H23N3O2. The van der Waals surface area contributed by atoms with Gasteiger partial charge in [0.05, 0.1) is 25.2 Å². The van der Waals surface area contributed by atoms with E-state index < -0.39 is 0 Å². The Morgan fingerprint density at radius 1 is 1.32 bits per heavy atom. The van der Waals surface area contributed by atoms with Crippen LogP contribution < -0.4 is 0 Å². The summed E-state index contributed by atoms with van der Waals surface area (Å²) in [6.07, 6.45) is 5.67. The van der Waals surface area contributed by atoms with Crippen molar-refractivity contribution in [3.05, 3.63) is 54.1 Å². The van der Waals surface area contributed by atoms with Gasteiger partial charge < -0.3 is 14.6 Å². The lowest BCUT2D eigenvalue weighted by molar-refractivity contribution is -0.132. The highest BCUT2D eigenvalue weighted by atomic mass is 16.3. The number of benzene rings is 1. The summed E-state index contributed by atoms with van der Waals surface area (Å²) in [6, 6.07) is 10.2. The smallest absolute Gasteiger partial charge is 0.223 e. The third-order valence-electron chi connectivity index (χ3n) is 3.69. The first-order chi connectivity index (χ1) is 10.7. The second-order valence-corrected chi connectivity index (χ2v) is 5.37. The van der Waals surface area contributed by atoms with Crippen LogP contribution in [0.25, 0.3) is 0 Å². The molecular weight excluding hydrogens is 278 g/mol. The van der Waals surface area contributed by atoms with Gasteiger partial charge in [0.25, 0.3) is 0 Å². The van der Waals surface area contributed by atoms with Crippen molar-refractivity contribution in [3.63, 3.8) is 0 Å². The molecule has 1 N–H and O–H groups in total. The van der Waals surface area contributed by atoms with Gasteiger partial charge >= 0.3 is 0 Å². The second kappa shape index (κ2) is 8.34. The summed E-state index contributed by atoms with van der Waals surface area (Å²) in [4.78, 5) is 18.1. The third kappa shape index (κ3) is 4.70. The molecule has 0 aliphatic rings. The number of nitrogens with zero attached hydrogens (tertiary/aromatic N) is 3. The number of amides is 1. The SMILES string of the molecule is Cn1cncc1CN(CCO)C(=O)CCCc1ccccc1. The second-order valence-electron chi connectivity index (χ2n) is 5.37. The molecule has 0 saturated carbocycles. The normalized spacial score (nSPS) is 10.6. The number of aromatic nitrogens is 2. The number of imidazole rings is 1. The minimum atomic E-state index is -0.0255. The van der Waals surface area contributed by atoms with Crippen LogP contribution >= 0.6 is 0 Å². The zero-order valence-corrected chi connectivity index (χ0v) is 13.0. The minimum Gasteiger partial charge on any atom is -0.395 e. The van der Waals surface area contributed by atoms with E-state index in [-0.39, 0.29) is 12.5 Å². The van der Waals surface area contributed by atoms with Crippen LogP contribution in [0.4, 0.5) is 0 Å². The van der Waals surface area contributed by atoms with Crippen molar-refractivity contribution in [3.8, 4) is 0 Å². The number of rotatable bonds is 8. The number of aryl methyl sites for hydroxylation is 2. The molecule has 0 radical (unpaired) electrons. The summed E-state index contributed by atoms with van der Waals surface area (Å²) in [6.45, 7) is 0.818. The highest BCUT2D eigenvalue weighted by Gasteiger charge is 2.14. The predicted octanol–water partition coefficient (Wildman–Crippen LogP) is 1.76. The Kier molecular flexibility index (Phi) is 6.15. The molecule has 5 heteroatoms. The van der Waals surface area contributed by atoms with Gasteiger partial charge in [-0.25, -0.2) is 4.98 Å². The lowest BCUT2D eigenvalue weighted by Crippen LogP contribution is -2.33. The van der Waals surface area contributed by atoms with Crippen LogP contribution in [0.1, 0.15) is 24.1 Å². The van der Waals surface area contributed by atoms with Crippen molar-refractivity contribution >= 4 is 5.91 Å². The molecule has 0 unspecified atom stereocenters. The molecule has 1 aromatic carbocycles. The number of carbonyl (C=O) groups is 1. The monoisotopic (exact) mass is 301 g/mol. The quantitative estimate of drug-likeness (QED) is 0.808. The molecule has 0 saturated heterocycles. The zero-order valence-electron chi connectivity index (χ0n) is 13.0. The van der Waals surface area contributed by atoms with Crippen LogP contribution in [0.3, 0.4) is 0 Å². The summed E-state index contributed by atoms with van der Waals surface area (Å²) >= 11 is 0. The number of aliphatic hydroxyl groups is 1. The maximum atomic E-state index is 12.3. The molecule has 0 fully saturated rings. The van der Waals surface area contributed by atoms with Gasteiger partial charge in [0.15, 0.2) is 0 Å². The first-order valence-electron chi connectivity index (χ1n) is 7.58. The Morgan fingerprint density at radius 2 is 2.09 bits per heavy atom. The molecule has 2 rings (SSSR count). The number of aliphatic hydroxyl groups excluding tert-OH is 1. The van der Waals surface area contributed by atoms with Crippen molar-refractivity contribution in [2.24, 2.45) is 7.05 Å². The molecule has 1 amide bonds. The van der Waals surface area contributed by atoms with Gasteiger partial charge in [-0.15, -0.1) is 0 Å². The highest BCUT2D eigenvalue weighted by Crippen LogP contribution is 2.09. The Labute approximate surface area is 131 Å². The first kappa shape index (κ1) is 16.2. The molecule has 0 bridgehead atoms. The lowest BCUT2D eigenvalue weighted by Gasteiger charge is -2.22. The van der Waals surface area contributed by atoms with Crippen LogP contribution in [0, 0.1) is 0 Å². The fraction of sp³-hybridized carbons (Fsp3) is 0.412. The molecule has 0 aliphatic heterocycles. The van der Waals surface area contributed by atoms with E-state index in [1.165, 1.54) is 5.56 Å². The Balaban J connectivity index is 1.85. The Hall–Kier alpha value is -2.14. The van der Waals surface area contributed by atoms with Gasteiger partial charge in [0.1, 0.15) is 0 Å². The van der Waals surface area contributed by atoms with Crippen molar-refractivity contribution in [1.82, 2.24) is 14.5 Å². The van der Waals surface area contributed by atoms with E-state index in [0.717, 1.165) is 18.5 Å². The summed E-state index contributed by atoms with van der Waals surface area (Å²) in [7, 11) is 1.90. The Morgan fingerprint density at radius 3 is 2.73 bits per heavy atom. The molecule has 118 valence electrons. The van der Waals surface area contributed by atoms with Gasteiger partial charge in [-0.1, -0.05) is 30.3 Å². The van der Waals surface area contributed by atoms with Crippen LogP contribution in [0.2, 0.25) is 0 Å². The molecule has 1 heterocycles. The average molecular weight is 301 g/mol. The van der Waals surface area contributed by atoms with Crippen LogP contribution in [-0.4, -0.2) is 38.6 Å². The maximum absolute atomic E-state index is 12.3. The van der Waals surface area contributed by atoms with Gasteiger partial charge in [-0.05, 0) is 18.4 Å². The number of carbonyl (C=O) groups excluding carboxylic acids is 1. The van der Waals surface area contributed by atoms with E-state index in [2.05, 4.69) is 17.1 Å². The maximum Gasteiger partial charge on any atom is 0.223 e. The molecule has 1 aromatic heterocycles. The molecule has 0 spiro atoms. The number of hydrogen-bond donors (Lipinski definition) is 1. The van der Waals surface area contributed by atoms with Crippen LogP contribution in [0.15, 0.2) is 42.9 Å². The van der Waals surface area contributed by atoms with Crippen molar-refractivity contribution in [2.45, 2.75) is 25.8 Å². The molecule has 22 heavy (non-hydrogen) atoms. The topological polar surface area (TPSA) is 58.4 Å². The van der Waals surface area contributed by atoms with Crippen LogP contribution in [0.5, 0.6) is 0 Å². The average Bonchev–Trinajstić information content (AvgIpc) is 2.93. The summed E-state index contributed by atoms with van der Waals surface area (Å²) in [5.74, 6) is 0.0752. The third-order valence-corrected chi connectivity index (χ3v) is 3.69. The summed E-state index contributed by atoms with van der Waals surface area (Å²) in [5, 5.41) is 9.17.